The Bertz CT molecular complexity index is 988. The van der Waals surface area contributed by atoms with Gasteiger partial charge < -0.3 is 20.9 Å². The SMILES string of the molecule is CCCNC(=O)c1ccc(N(CCN(C)C)C(=O)N2Cc3ccc(C(N)=O)cc3C2)cc1. The monoisotopic (exact) mass is 437 g/mol. The van der Waals surface area contributed by atoms with Crippen LogP contribution in [0.5, 0.6) is 0 Å². The number of hydrogen-bond donors (Lipinski definition) is 2. The van der Waals surface area contributed by atoms with Crippen LogP contribution in [0.15, 0.2) is 42.5 Å². The number of carbonyl (C=O) groups is 3. The van der Waals surface area contributed by atoms with Crippen molar-refractivity contribution in [1.29, 1.82) is 0 Å². The van der Waals surface area contributed by atoms with Crippen LogP contribution in [-0.4, -0.2) is 61.4 Å². The topological polar surface area (TPSA) is 99.0 Å². The summed E-state index contributed by atoms with van der Waals surface area (Å²) in [5.41, 5.74) is 9.08. The summed E-state index contributed by atoms with van der Waals surface area (Å²) in [6.45, 7) is 4.72. The second-order valence-electron chi connectivity index (χ2n) is 8.24. The Morgan fingerprint density at radius 3 is 2.25 bits per heavy atom. The van der Waals surface area contributed by atoms with Gasteiger partial charge in [-0.2, -0.15) is 0 Å². The van der Waals surface area contributed by atoms with Crippen molar-refractivity contribution in [2.24, 2.45) is 5.73 Å². The summed E-state index contributed by atoms with van der Waals surface area (Å²) in [7, 11) is 3.92. The van der Waals surface area contributed by atoms with Crippen LogP contribution in [-0.2, 0) is 13.1 Å². The second kappa shape index (κ2) is 10.3. The Labute approximate surface area is 189 Å². The van der Waals surface area contributed by atoms with Gasteiger partial charge in [0, 0.05) is 49.5 Å². The molecule has 1 aliphatic heterocycles. The second-order valence-corrected chi connectivity index (χ2v) is 8.24. The molecule has 170 valence electrons. The highest BCUT2D eigenvalue weighted by atomic mass is 16.2. The zero-order valence-corrected chi connectivity index (χ0v) is 18.9. The third-order valence-corrected chi connectivity index (χ3v) is 5.46. The molecule has 0 fully saturated rings. The summed E-state index contributed by atoms with van der Waals surface area (Å²) in [4.78, 5) is 42.7. The molecule has 0 atom stereocenters. The molecule has 4 amide bonds. The molecule has 0 aliphatic carbocycles. The number of anilines is 1. The molecule has 0 saturated heterocycles. The van der Waals surface area contributed by atoms with E-state index in [-0.39, 0.29) is 11.9 Å². The molecule has 8 heteroatoms. The van der Waals surface area contributed by atoms with Gasteiger partial charge in [0.1, 0.15) is 0 Å². The number of likely N-dealkylation sites (N-methyl/N-ethyl adjacent to an activating group) is 1. The van der Waals surface area contributed by atoms with Crippen molar-refractivity contribution < 1.29 is 14.4 Å². The van der Waals surface area contributed by atoms with Crippen molar-refractivity contribution >= 4 is 23.5 Å². The molecule has 0 saturated carbocycles. The summed E-state index contributed by atoms with van der Waals surface area (Å²) in [6.07, 6.45) is 0.871. The van der Waals surface area contributed by atoms with Crippen LogP contribution in [0.2, 0.25) is 0 Å². The minimum atomic E-state index is -0.478. The number of carbonyl (C=O) groups excluding carboxylic acids is 3. The number of urea groups is 1. The van der Waals surface area contributed by atoms with Gasteiger partial charge in [0.15, 0.2) is 0 Å². The molecular weight excluding hydrogens is 406 g/mol. The maximum Gasteiger partial charge on any atom is 0.325 e. The van der Waals surface area contributed by atoms with Gasteiger partial charge in [-0.15, -0.1) is 0 Å². The normalized spacial score (nSPS) is 12.6. The van der Waals surface area contributed by atoms with E-state index in [2.05, 4.69) is 5.32 Å². The zero-order chi connectivity index (χ0) is 23.3. The number of amides is 4. The molecule has 0 bridgehead atoms. The first-order valence-electron chi connectivity index (χ1n) is 10.8. The zero-order valence-electron chi connectivity index (χ0n) is 18.9. The van der Waals surface area contributed by atoms with Gasteiger partial charge in [-0.05, 0) is 68.0 Å². The molecule has 3 rings (SSSR count). The molecule has 2 aromatic carbocycles. The van der Waals surface area contributed by atoms with Crippen LogP contribution in [0.3, 0.4) is 0 Å². The number of primary amides is 1. The fourth-order valence-corrected chi connectivity index (χ4v) is 3.62. The van der Waals surface area contributed by atoms with Gasteiger partial charge in [0.2, 0.25) is 5.91 Å². The minimum Gasteiger partial charge on any atom is -0.366 e. The summed E-state index contributed by atoms with van der Waals surface area (Å²) in [5.74, 6) is -0.599. The van der Waals surface area contributed by atoms with E-state index in [1.165, 1.54) is 0 Å². The summed E-state index contributed by atoms with van der Waals surface area (Å²) >= 11 is 0. The van der Waals surface area contributed by atoms with E-state index in [0.717, 1.165) is 23.2 Å². The maximum absolute atomic E-state index is 13.5. The first-order chi connectivity index (χ1) is 15.3. The summed E-state index contributed by atoms with van der Waals surface area (Å²) < 4.78 is 0. The summed E-state index contributed by atoms with van der Waals surface area (Å²) in [6, 6.07) is 12.3. The fourth-order valence-electron chi connectivity index (χ4n) is 3.62. The number of hydrogen-bond acceptors (Lipinski definition) is 4. The van der Waals surface area contributed by atoms with Crippen molar-refractivity contribution in [2.75, 3.05) is 38.6 Å². The molecule has 1 aliphatic rings. The minimum absolute atomic E-state index is 0.119. The Hall–Kier alpha value is -3.39. The molecule has 0 aromatic heterocycles. The van der Waals surface area contributed by atoms with E-state index in [1.54, 1.807) is 34.1 Å². The van der Waals surface area contributed by atoms with Crippen LogP contribution < -0.4 is 16.0 Å². The molecule has 1 heterocycles. The van der Waals surface area contributed by atoms with Gasteiger partial charge in [-0.3, -0.25) is 14.5 Å². The molecule has 8 nitrogen and oxygen atoms in total. The number of nitrogens with zero attached hydrogens (tertiary/aromatic N) is 3. The van der Waals surface area contributed by atoms with Crippen LogP contribution in [0, 0.1) is 0 Å². The first kappa shape index (κ1) is 23.3. The quantitative estimate of drug-likeness (QED) is 0.663. The summed E-state index contributed by atoms with van der Waals surface area (Å²) in [5, 5.41) is 2.86. The lowest BCUT2D eigenvalue weighted by Crippen LogP contribution is -2.43. The van der Waals surface area contributed by atoms with E-state index in [9.17, 15) is 14.4 Å². The van der Waals surface area contributed by atoms with E-state index >= 15 is 0 Å². The number of nitrogens with two attached hydrogens (primary N) is 1. The van der Waals surface area contributed by atoms with Gasteiger partial charge in [0.25, 0.3) is 5.91 Å². The van der Waals surface area contributed by atoms with Crippen molar-refractivity contribution in [3.63, 3.8) is 0 Å². The maximum atomic E-state index is 13.5. The third-order valence-electron chi connectivity index (χ3n) is 5.46. The molecule has 0 spiro atoms. The Morgan fingerprint density at radius 2 is 1.62 bits per heavy atom. The average Bonchev–Trinajstić information content (AvgIpc) is 3.21. The molecule has 0 radical (unpaired) electrons. The Balaban J connectivity index is 1.78. The van der Waals surface area contributed by atoms with Gasteiger partial charge in [0.05, 0.1) is 0 Å². The standard InChI is InChI=1S/C24H31N5O3/c1-4-11-26-23(31)17-7-9-21(10-8-17)29(13-12-27(2)3)24(32)28-15-19-6-5-18(22(25)30)14-20(19)16-28/h5-10,14H,4,11-13,15-16H2,1-3H3,(H2,25,30)(H,26,31). The van der Waals surface area contributed by atoms with E-state index < -0.39 is 5.91 Å². The highest BCUT2D eigenvalue weighted by Gasteiger charge is 2.28. The number of nitrogens with one attached hydrogen (secondary N) is 1. The van der Waals surface area contributed by atoms with Crippen LogP contribution in [0.25, 0.3) is 0 Å². The van der Waals surface area contributed by atoms with E-state index in [1.807, 2.05) is 44.1 Å². The lowest BCUT2D eigenvalue weighted by atomic mass is 10.1. The largest absolute Gasteiger partial charge is 0.366 e. The Morgan fingerprint density at radius 1 is 0.969 bits per heavy atom. The van der Waals surface area contributed by atoms with Crippen molar-refractivity contribution in [2.45, 2.75) is 26.4 Å². The Kier molecular flexibility index (Phi) is 7.48. The van der Waals surface area contributed by atoms with Crippen LogP contribution in [0.1, 0.15) is 45.2 Å². The van der Waals surface area contributed by atoms with Gasteiger partial charge in [-0.25, -0.2) is 4.79 Å². The third kappa shape index (κ3) is 5.45. The van der Waals surface area contributed by atoms with Crippen LogP contribution >= 0.6 is 0 Å². The lowest BCUT2D eigenvalue weighted by Gasteiger charge is -2.29. The first-order valence-corrected chi connectivity index (χ1v) is 10.8. The highest BCUT2D eigenvalue weighted by Crippen LogP contribution is 2.27. The van der Waals surface area contributed by atoms with Crippen molar-refractivity contribution in [3.8, 4) is 0 Å². The predicted molar refractivity (Wildman–Crippen MR) is 125 cm³/mol. The van der Waals surface area contributed by atoms with Crippen molar-refractivity contribution in [1.82, 2.24) is 15.1 Å². The number of benzene rings is 2. The number of fused-ring (bicyclic) bond motifs is 1. The van der Waals surface area contributed by atoms with Crippen molar-refractivity contribution in [3.05, 3.63) is 64.7 Å². The predicted octanol–water partition coefficient (Wildman–Crippen LogP) is 2.43. The smallest absolute Gasteiger partial charge is 0.325 e. The van der Waals surface area contributed by atoms with Crippen LogP contribution in [0.4, 0.5) is 10.5 Å². The van der Waals surface area contributed by atoms with Gasteiger partial charge in [-0.1, -0.05) is 13.0 Å². The highest BCUT2D eigenvalue weighted by molar-refractivity contribution is 5.96. The average molecular weight is 438 g/mol. The lowest BCUT2D eigenvalue weighted by molar-refractivity contribution is 0.0952. The van der Waals surface area contributed by atoms with E-state index in [4.69, 9.17) is 5.73 Å². The molecule has 0 unspecified atom stereocenters. The molecule has 32 heavy (non-hydrogen) atoms. The molecule has 3 N–H and O–H groups in total. The molecular formula is C24H31N5O3. The fraction of sp³-hybridized carbons (Fsp3) is 0.375. The molecule has 2 aromatic rings. The van der Waals surface area contributed by atoms with E-state index in [0.29, 0.717) is 43.9 Å². The number of rotatable bonds is 8. The van der Waals surface area contributed by atoms with Gasteiger partial charge >= 0.3 is 6.03 Å².